The molecule has 1 saturated heterocycles. The summed E-state index contributed by atoms with van der Waals surface area (Å²) in [6.45, 7) is 4.38. The molecule has 0 aromatic carbocycles. The summed E-state index contributed by atoms with van der Waals surface area (Å²) in [6.07, 6.45) is 1.34. The third-order valence-electron chi connectivity index (χ3n) is 2.77. The first-order valence-electron chi connectivity index (χ1n) is 5.80. The van der Waals surface area contributed by atoms with Crippen molar-refractivity contribution in [3.63, 3.8) is 0 Å². The normalized spacial score (nSPS) is 24.1. The number of halogens is 1. The molecule has 2 atom stereocenters. The number of carbonyl (C=O) groups is 1. The van der Waals surface area contributed by atoms with Crippen molar-refractivity contribution in [2.45, 2.75) is 25.9 Å². The van der Waals surface area contributed by atoms with Crippen LogP contribution in [0.15, 0.2) is 0 Å². The van der Waals surface area contributed by atoms with Gasteiger partial charge in [-0.1, -0.05) is 0 Å². The largest absolute Gasteiger partial charge is 0.466 e. The van der Waals surface area contributed by atoms with Crippen molar-refractivity contribution in [3.05, 3.63) is 0 Å². The molecule has 4 nitrogen and oxygen atoms in total. The molecule has 5 heteroatoms. The van der Waals surface area contributed by atoms with E-state index in [1.54, 1.807) is 0 Å². The van der Waals surface area contributed by atoms with Crippen LogP contribution in [0.2, 0.25) is 0 Å². The second-order valence-corrected chi connectivity index (χ2v) is 4.47. The molecule has 0 bridgehead atoms. The Kier molecular flexibility index (Phi) is 6.09. The molecule has 94 valence electrons. The van der Waals surface area contributed by atoms with Crippen LogP contribution in [-0.4, -0.2) is 54.2 Å². The maximum Gasteiger partial charge on any atom is 0.310 e. The van der Waals surface area contributed by atoms with Crippen LogP contribution in [0.3, 0.4) is 0 Å². The molecule has 1 aliphatic heterocycles. The van der Waals surface area contributed by atoms with Gasteiger partial charge in [0.25, 0.3) is 0 Å². The highest BCUT2D eigenvalue weighted by molar-refractivity contribution is 6.18. The summed E-state index contributed by atoms with van der Waals surface area (Å²) in [5.41, 5.74) is 0. The number of alkyl halides is 1. The van der Waals surface area contributed by atoms with E-state index in [0.29, 0.717) is 19.7 Å². The summed E-state index contributed by atoms with van der Waals surface area (Å²) >= 11 is 5.55. The lowest BCUT2D eigenvalue weighted by atomic mass is 9.98. The van der Waals surface area contributed by atoms with Crippen molar-refractivity contribution in [2.24, 2.45) is 5.92 Å². The first kappa shape index (κ1) is 13.7. The Morgan fingerprint density at radius 1 is 1.69 bits per heavy atom. The van der Waals surface area contributed by atoms with Gasteiger partial charge in [0, 0.05) is 19.0 Å². The number of aliphatic hydroxyl groups is 1. The van der Waals surface area contributed by atoms with Crippen molar-refractivity contribution >= 4 is 17.6 Å². The Balaban J connectivity index is 2.37. The second-order valence-electron chi connectivity index (χ2n) is 4.16. The van der Waals surface area contributed by atoms with E-state index >= 15 is 0 Å². The predicted molar refractivity (Wildman–Crippen MR) is 62.5 cm³/mol. The highest BCUT2D eigenvalue weighted by Gasteiger charge is 2.27. The fourth-order valence-electron chi connectivity index (χ4n) is 2.02. The van der Waals surface area contributed by atoms with Crippen LogP contribution in [0.1, 0.15) is 19.8 Å². The SMILES string of the molecule is CCOC(=O)C1CCCN(CC(O)CCl)C1. The minimum atomic E-state index is -0.511. The van der Waals surface area contributed by atoms with Crippen molar-refractivity contribution < 1.29 is 14.6 Å². The molecular formula is C11H20ClNO3. The standard InChI is InChI=1S/C11H20ClNO3/c1-2-16-11(15)9-4-3-5-13(7-9)8-10(14)6-12/h9-10,14H,2-8H2,1H3. The monoisotopic (exact) mass is 249 g/mol. The molecule has 1 N–H and O–H groups in total. The van der Waals surface area contributed by atoms with E-state index < -0.39 is 6.10 Å². The van der Waals surface area contributed by atoms with E-state index in [2.05, 4.69) is 4.90 Å². The average molecular weight is 250 g/mol. The zero-order valence-electron chi connectivity index (χ0n) is 9.69. The lowest BCUT2D eigenvalue weighted by Gasteiger charge is -2.32. The maximum atomic E-state index is 11.6. The first-order chi connectivity index (χ1) is 7.67. The van der Waals surface area contributed by atoms with Crippen molar-refractivity contribution in [1.82, 2.24) is 4.90 Å². The number of hydrogen-bond acceptors (Lipinski definition) is 4. The number of β-amino-alcohol motifs (C(OH)–C–C–N with tert-alkyl or cyclic N) is 1. The molecule has 1 rings (SSSR count). The molecule has 1 fully saturated rings. The Morgan fingerprint density at radius 3 is 3.06 bits per heavy atom. The lowest BCUT2D eigenvalue weighted by molar-refractivity contribution is -0.150. The summed E-state index contributed by atoms with van der Waals surface area (Å²) in [5.74, 6) is 0.0735. The van der Waals surface area contributed by atoms with Crippen LogP contribution in [0, 0.1) is 5.92 Å². The third kappa shape index (κ3) is 4.28. The van der Waals surface area contributed by atoms with E-state index in [-0.39, 0.29) is 17.8 Å². The first-order valence-corrected chi connectivity index (χ1v) is 6.33. The van der Waals surface area contributed by atoms with Gasteiger partial charge in [0.2, 0.25) is 0 Å². The quantitative estimate of drug-likeness (QED) is 0.580. The lowest BCUT2D eigenvalue weighted by Crippen LogP contribution is -2.43. The topological polar surface area (TPSA) is 49.8 Å². The Hall–Kier alpha value is -0.320. The number of hydrogen-bond donors (Lipinski definition) is 1. The van der Waals surface area contributed by atoms with Crippen LogP contribution >= 0.6 is 11.6 Å². The molecule has 1 heterocycles. The van der Waals surface area contributed by atoms with Gasteiger partial charge in [-0.3, -0.25) is 9.69 Å². The van der Waals surface area contributed by atoms with E-state index in [4.69, 9.17) is 16.3 Å². The van der Waals surface area contributed by atoms with Gasteiger partial charge in [0.05, 0.1) is 18.6 Å². The fraction of sp³-hybridized carbons (Fsp3) is 0.909. The fourth-order valence-corrected chi connectivity index (χ4v) is 2.12. The molecule has 0 spiro atoms. The number of aliphatic hydroxyl groups excluding tert-OH is 1. The molecule has 1 aliphatic rings. The smallest absolute Gasteiger partial charge is 0.310 e. The Morgan fingerprint density at radius 2 is 2.44 bits per heavy atom. The average Bonchev–Trinajstić information content (AvgIpc) is 2.29. The molecule has 0 aromatic rings. The van der Waals surface area contributed by atoms with Crippen LogP contribution in [0.25, 0.3) is 0 Å². The summed E-state index contributed by atoms with van der Waals surface area (Å²) in [5, 5.41) is 9.45. The van der Waals surface area contributed by atoms with Gasteiger partial charge in [-0.2, -0.15) is 0 Å². The molecule has 0 amide bonds. The van der Waals surface area contributed by atoms with Gasteiger partial charge in [-0.05, 0) is 26.3 Å². The van der Waals surface area contributed by atoms with Crippen molar-refractivity contribution in [3.8, 4) is 0 Å². The van der Waals surface area contributed by atoms with E-state index in [9.17, 15) is 9.90 Å². The third-order valence-corrected chi connectivity index (χ3v) is 3.13. The maximum absolute atomic E-state index is 11.6. The summed E-state index contributed by atoms with van der Waals surface area (Å²) in [7, 11) is 0. The van der Waals surface area contributed by atoms with Crippen molar-refractivity contribution in [2.75, 3.05) is 32.1 Å². The van der Waals surface area contributed by atoms with Gasteiger partial charge in [0.1, 0.15) is 0 Å². The number of piperidine rings is 1. The number of esters is 1. The number of ether oxygens (including phenoxy) is 1. The van der Waals surface area contributed by atoms with Gasteiger partial charge < -0.3 is 9.84 Å². The van der Waals surface area contributed by atoms with E-state index in [1.165, 1.54) is 0 Å². The highest BCUT2D eigenvalue weighted by atomic mass is 35.5. The highest BCUT2D eigenvalue weighted by Crippen LogP contribution is 2.18. The molecule has 2 unspecified atom stereocenters. The van der Waals surface area contributed by atoms with Gasteiger partial charge in [-0.25, -0.2) is 0 Å². The molecule has 16 heavy (non-hydrogen) atoms. The van der Waals surface area contributed by atoms with Gasteiger partial charge in [-0.15, -0.1) is 11.6 Å². The van der Waals surface area contributed by atoms with E-state index in [1.807, 2.05) is 6.92 Å². The molecule has 0 aromatic heterocycles. The minimum absolute atomic E-state index is 0.0452. The van der Waals surface area contributed by atoms with Gasteiger partial charge in [0.15, 0.2) is 0 Å². The second kappa shape index (κ2) is 7.09. The van der Waals surface area contributed by atoms with Crippen LogP contribution in [0.5, 0.6) is 0 Å². The Labute approximate surface area is 102 Å². The van der Waals surface area contributed by atoms with Crippen molar-refractivity contribution in [1.29, 1.82) is 0 Å². The molecule has 0 saturated carbocycles. The summed E-state index contributed by atoms with van der Waals surface area (Å²) in [4.78, 5) is 13.6. The molecule has 0 radical (unpaired) electrons. The number of rotatable bonds is 5. The number of nitrogens with zero attached hydrogens (tertiary/aromatic N) is 1. The molecular weight excluding hydrogens is 230 g/mol. The minimum Gasteiger partial charge on any atom is -0.466 e. The molecule has 0 aliphatic carbocycles. The zero-order valence-corrected chi connectivity index (χ0v) is 10.4. The van der Waals surface area contributed by atoms with E-state index in [0.717, 1.165) is 19.4 Å². The summed E-state index contributed by atoms with van der Waals surface area (Å²) in [6, 6.07) is 0. The van der Waals surface area contributed by atoms with Crippen LogP contribution in [0.4, 0.5) is 0 Å². The van der Waals surface area contributed by atoms with Crippen LogP contribution < -0.4 is 0 Å². The zero-order chi connectivity index (χ0) is 12.0. The Bertz CT molecular complexity index is 225. The predicted octanol–water partition coefficient (Wildman–Crippen LogP) is 0.861. The number of carbonyl (C=O) groups excluding carboxylic acids is 1. The van der Waals surface area contributed by atoms with Gasteiger partial charge >= 0.3 is 5.97 Å². The summed E-state index contributed by atoms with van der Waals surface area (Å²) < 4.78 is 5.01. The van der Waals surface area contributed by atoms with Crippen LogP contribution in [-0.2, 0) is 9.53 Å². The number of likely N-dealkylation sites (tertiary alicyclic amines) is 1.